The largest absolute Gasteiger partial charge is 0.391 e. The molecule has 0 aliphatic carbocycles. The minimum Gasteiger partial charge on any atom is -0.391 e. The lowest BCUT2D eigenvalue weighted by Gasteiger charge is -2.16. The second-order valence-electron chi connectivity index (χ2n) is 7.51. The first kappa shape index (κ1) is 18.4. The van der Waals surface area contributed by atoms with Crippen molar-refractivity contribution in [2.75, 3.05) is 13.1 Å². The fourth-order valence-corrected chi connectivity index (χ4v) is 3.91. The smallest absolute Gasteiger partial charge is 0.254 e. The van der Waals surface area contributed by atoms with Gasteiger partial charge in [-0.2, -0.15) is 0 Å². The van der Waals surface area contributed by atoms with Crippen molar-refractivity contribution in [3.05, 3.63) is 78.6 Å². The molecule has 1 amide bonds. The third-order valence-electron chi connectivity index (χ3n) is 5.50. The van der Waals surface area contributed by atoms with Gasteiger partial charge in [-0.1, -0.05) is 24.3 Å². The molecule has 150 valence electrons. The SMILES string of the molecule is O=C(c1ccnc(-n2cnnc2)c1)N1C[C@@H](Cc2ccc3ccccc3n2)[C@H](O)C1. The summed E-state index contributed by atoms with van der Waals surface area (Å²) in [7, 11) is 0. The average molecular weight is 400 g/mol. The van der Waals surface area contributed by atoms with Gasteiger partial charge < -0.3 is 10.0 Å². The summed E-state index contributed by atoms with van der Waals surface area (Å²) in [6, 6.07) is 15.4. The number of hydrogen-bond donors (Lipinski definition) is 1. The van der Waals surface area contributed by atoms with Crippen LogP contribution in [0.3, 0.4) is 0 Å². The number of likely N-dealkylation sites (tertiary alicyclic amines) is 1. The molecule has 0 saturated carbocycles. The number of aliphatic hydroxyl groups is 1. The van der Waals surface area contributed by atoms with Crippen molar-refractivity contribution in [1.29, 1.82) is 0 Å². The van der Waals surface area contributed by atoms with Crippen molar-refractivity contribution < 1.29 is 9.90 Å². The molecule has 4 aromatic rings. The Morgan fingerprint density at radius 1 is 1.07 bits per heavy atom. The van der Waals surface area contributed by atoms with Gasteiger partial charge in [0.05, 0.1) is 11.6 Å². The van der Waals surface area contributed by atoms with Gasteiger partial charge in [0.2, 0.25) is 0 Å². The van der Waals surface area contributed by atoms with Crippen molar-refractivity contribution in [2.45, 2.75) is 12.5 Å². The van der Waals surface area contributed by atoms with E-state index in [1.54, 1.807) is 27.8 Å². The van der Waals surface area contributed by atoms with Crippen LogP contribution in [-0.2, 0) is 6.42 Å². The Hall–Kier alpha value is -3.65. The number of carbonyl (C=O) groups is 1. The first-order valence-electron chi connectivity index (χ1n) is 9.80. The summed E-state index contributed by atoms with van der Waals surface area (Å²) in [4.78, 5) is 23.7. The molecule has 1 fully saturated rings. The molecule has 5 rings (SSSR count). The van der Waals surface area contributed by atoms with Gasteiger partial charge in [-0.05, 0) is 30.7 Å². The molecular weight excluding hydrogens is 380 g/mol. The van der Waals surface area contributed by atoms with Gasteiger partial charge in [0.25, 0.3) is 5.91 Å². The van der Waals surface area contributed by atoms with Crippen LogP contribution in [0.15, 0.2) is 67.4 Å². The predicted molar refractivity (Wildman–Crippen MR) is 110 cm³/mol. The van der Waals surface area contributed by atoms with Crippen LogP contribution in [0, 0.1) is 5.92 Å². The van der Waals surface area contributed by atoms with Crippen LogP contribution >= 0.6 is 0 Å². The molecule has 0 unspecified atom stereocenters. The maximum Gasteiger partial charge on any atom is 0.254 e. The summed E-state index contributed by atoms with van der Waals surface area (Å²) in [6.45, 7) is 0.792. The number of carbonyl (C=O) groups excluding carboxylic acids is 1. The molecule has 1 saturated heterocycles. The number of rotatable bonds is 4. The Morgan fingerprint density at radius 3 is 2.77 bits per heavy atom. The molecule has 2 atom stereocenters. The lowest BCUT2D eigenvalue weighted by molar-refractivity contribution is 0.0764. The molecule has 0 radical (unpaired) electrons. The lowest BCUT2D eigenvalue weighted by atomic mass is 9.99. The van der Waals surface area contributed by atoms with E-state index in [9.17, 15) is 9.90 Å². The summed E-state index contributed by atoms with van der Waals surface area (Å²) in [5.41, 5.74) is 2.38. The quantitative estimate of drug-likeness (QED) is 0.562. The highest BCUT2D eigenvalue weighted by Gasteiger charge is 2.34. The minimum atomic E-state index is -0.582. The summed E-state index contributed by atoms with van der Waals surface area (Å²) in [5, 5.41) is 19.2. The molecule has 3 aromatic heterocycles. The molecular formula is C22H20N6O2. The minimum absolute atomic E-state index is 0.0539. The normalized spacial score (nSPS) is 18.8. The molecule has 1 aliphatic heterocycles. The first-order chi connectivity index (χ1) is 14.7. The van der Waals surface area contributed by atoms with E-state index < -0.39 is 6.10 Å². The molecule has 0 spiro atoms. The summed E-state index contributed by atoms with van der Waals surface area (Å²) < 4.78 is 1.64. The van der Waals surface area contributed by atoms with E-state index in [1.807, 2.05) is 36.4 Å². The Labute approximate surface area is 172 Å². The van der Waals surface area contributed by atoms with Crippen molar-refractivity contribution in [3.63, 3.8) is 0 Å². The zero-order chi connectivity index (χ0) is 20.5. The Kier molecular flexibility index (Phi) is 4.68. The molecule has 4 heterocycles. The van der Waals surface area contributed by atoms with Gasteiger partial charge in [-0.15, -0.1) is 10.2 Å². The Balaban J connectivity index is 1.31. The highest BCUT2D eigenvalue weighted by Crippen LogP contribution is 2.24. The number of amides is 1. The van der Waals surface area contributed by atoms with Gasteiger partial charge in [0.1, 0.15) is 18.5 Å². The van der Waals surface area contributed by atoms with Crippen LogP contribution in [0.1, 0.15) is 16.1 Å². The number of β-amino-alcohol motifs (C(OH)–C–C–N with tert-alkyl or cyclic N) is 1. The zero-order valence-electron chi connectivity index (χ0n) is 16.2. The van der Waals surface area contributed by atoms with Crippen LogP contribution in [0.4, 0.5) is 0 Å². The highest BCUT2D eigenvalue weighted by atomic mass is 16.3. The van der Waals surface area contributed by atoms with Gasteiger partial charge in [0.15, 0.2) is 0 Å². The third-order valence-corrected chi connectivity index (χ3v) is 5.50. The fourth-order valence-electron chi connectivity index (χ4n) is 3.91. The lowest BCUT2D eigenvalue weighted by Crippen LogP contribution is -2.29. The van der Waals surface area contributed by atoms with Gasteiger partial charge >= 0.3 is 0 Å². The number of pyridine rings is 2. The van der Waals surface area contributed by atoms with E-state index in [2.05, 4.69) is 15.2 Å². The van der Waals surface area contributed by atoms with Crippen LogP contribution < -0.4 is 0 Å². The Morgan fingerprint density at radius 2 is 1.90 bits per heavy atom. The van der Waals surface area contributed by atoms with Gasteiger partial charge in [-0.3, -0.25) is 14.3 Å². The molecule has 30 heavy (non-hydrogen) atoms. The van der Waals surface area contributed by atoms with Crippen molar-refractivity contribution in [3.8, 4) is 5.82 Å². The maximum atomic E-state index is 13.0. The number of aliphatic hydroxyl groups excluding tert-OH is 1. The van der Waals surface area contributed by atoms with E-state index in [1.165, 1.54) is 12.7 Å². The average Bonchev–Trinajstić information content (AvgIpc) is 3.44. The van der Waals surface area contributed by atoms with Crippen molar-refractivity contribution in [2.24, 2.45) is 5.92 Å². The van der Waals surface area contributed by atoms with Crippen LogP contribution in [-0.4, -0.2) is 59.8 Å². The van der Waals surface area contributed by atoms with Crippen molar-refractivity contribution in [1.82, 2.24) is 29.6 Å². The summed E-state index contributed by atoms with van der Waals surface area (Å²) >= 11 is 0. The number of benzene rings is 1. The van der Waals surface area contributed by atoms with Gasteiger partial charge in [0, 0.05) is 41.8 Å². The maximum absolute atomic E-state index is 13.0. The molecule has 1 aliphatic rings. The zero-order valence-corrected chi connectivity index (χ0v) is 16.2. The number of nitrogens with zero attached hydrogens (tertiary/aromatic N) is 6. The summed E-state index contributed by atoms with van der Waals surface area (Å²) in [5.74, 6) is 0.393. The van der Waals surface area contributed by atoms with E-state index in [4.69, 9.17) is 4.98 Å². The van der Waals surface area contributed by atoms with E-state index in [0.717, 1.165) is 16.6 Å². The standard InChI is InChI=1S/C22H20N6O2/c29-20-12-27(22(30)16-7-8-23-21(10-16)28-13-24-25-14-28)11-17(20)9-18-6-5-15-3-1-2-4-19(15)26-18/h1-8,10,13-14,17,20,29H,9,11-12H2/t17-,20-/m1/s1. The first-order valence-corrected chi connectivity index (χ1v) is 9.80. The highest BCUT2D eigenvalue weighted by molar-refractivity contribution is 5.94. The molecule has 8 nitrogen and oxygen atoms in total. The second kappa shape index (κ2) is 7.64. The Bertz CT molecular complexity index is 1190. The number of aromatic nitrogens is 5. The monoisotopic (exact) mass is 400 g/mol. The molecule has 1 aromatic carbocycles. The van der Waals surface area contributed by atoms with E-state index >= 15 is 0 Å². The van der Waals surface area contributed by atoms with E-state index in [0.29, 0.717) is 30.9 Å². The van der Waals surface area contributed by atoms with Crippen LogP contribution in [0.5, 0.6) is 0 Å². The van der Waals surface area contributed by atoms with E-state index in [-0.39, 0.29) is 11.8 Å². The number of fused-ring (bicyclic) bond motifs is 1. The van der Waals surface area contributed by atoms with Crippen molar-refractivity contribution >= 4 is 16.8 Å². The third kappa shape index (κ3) is 3.53. The number of hydrogen-bond acceptors (Lipinski definition) is 6. The van der Waals surface area contributed by atoms with Crippen LogP contribution in [0.2, 0.25) is 0 Å². The molecule has 8 heteroatoms. The topological polar surface area (TPSA) is 97.0 Å². The fraction of sp³-hybridized carbons (Fsp3) is 0.227. The molecule has 0 bridgehead atoms. The predicted octanol–water partition coefficient (Wildman–Crippen LogP) is 1.89. The number of para-hydroxylation sites is 1. The summed E-state index contributed by atoms with van der Waals surface area (Å²) in [6.07, 6.45) is 4.69. The second-order valence-corrected chi connectivity index (χ2v) is 7.51. The van der Waals surface area contributed by atoms with Gasteiger partial charge in [-0.25, -0.2) is 4.98 Å². The van der Waals surface area contributed by atoms with Crippen LogP contribution in [0.25, 0.3) is 16.7 Å². The molecule has 1 N–H and O–H groups in total.